The molecule has 1 amide bonds. The van der Waals surface area contributed by atoms with Gasteiger partial charge in [0.2, 0.25) is 5.89 Å². The van der Waals surface area contributed by atoms with E-state index in [9.17, 15) is 4.79 Å². The lowest BCUT2D eigenvalue weighted by atomic mass is 10.0. The maximum Gasteiger partial charge on any atom is 0.257 e. The third-order valence-corrected chi connectivity index (χ3v) is 4.92. The molecule has 3 aromatic carbocycles. The number of aromatic nitrogens is 1. The predicted octanol–water partition coefficient (Wildman–Crippen LogP) is 6.52. The lowest BCUT2D eigenvalue weighted by Gasteiger charge is -2.07. The molecule has 4 nitrogen and oxygen atoms in total. The van der Waals surface area contributed by atoms with Gasteiger partial charge in [0.1, 0.15) is 5.52 Å². The number of nitrogens with one attached hydrogen (secondary N) is 1. The van der Waals surface area contributed by atoms with Crippen LogP contribution in [0.4, 0.5) is 5.69 Å². The summed E-state index contributed by atoms with van der Waals surface area (Å²) in [6.45, 7) is 4.30. The fourth-order valence-electron chi connectivity index (χ4n) is 2.97. The van der Waals surface area contributed by atoms with Crippen molar-refractivity contribution in [1.82, 2.24) is 4.98 Å². The Morgan fingerprint density at radius 3 is 2.50 bits per heavy atom. The SMILES string of the molecule is CC(C)c1ccc2oc(-c3ccc(NC(=O)c4ccccc4Cl)cc3)nc2c1. The van der Waals surface area contributed by atoms with Crippen molar-refractivity contribution in [3.8, 4) is 11.5 Å². The van der Waals surface area contributed by atoms with Crippen LogP contribution in [0.3, 0.4) is 0 Å². The van der Waals surface area contributed by atoms with Crippen LogP contribution in [0.1, 0.15) is 35.7 Å². The van der Waals surface area contributed by atoms with Crippen LogP contribution in [0.5, 0.6) is 0 Å². The fourth-order valence-corrected chi connectivity index (χ4v) is 3.19. The predicted molar refractivity (Wildman–Crippen MR) is 113 cm³/mol. The fraction of sp³-hybridized carbons (Fsp3) is 0.130. The second kappa shape index (κ2) is 7.49. The molecule has 0 aliphatic heterocycles. The highest BCUT2D eigenvalue weighted by molar-refractivity contribution is 6.34. The van der Waals surface area contributed by atoms with E-state index in [-0.39, 0.29) is 5.91 Å². The average molecular weight is 391 g/mol. The van der Waals surface area contributed by atoms with E-state index in [1.807, 2.05) is 30.3 Å². The molecule has 4 aromatic rings. The zero-order chi connectivity index (χ0) is 19.7. The number of hydrogen-bond acceptors (Lipinski definition) is 3. The summed E-state index contributed by atoms with van der Waals surface area (Å²) < 4.78 is 5.88. The van der Waals surface area contributed by atoms with Crippen molar-refractivity contribution in [3.05, 3.63) is 82.9 Å². The first-order valence-electron chi connectivity index (χ1n) is 9.08. The molecule has 0 aliphatic carbocycles. The van der Waals surface area contributed by atoms with Gasteiger partial charge < -0.3 is 9.73 Å². The molecule has 0 spiro atoms. The second-order valence-electron chi connectivity index (χ2n) is 6.91. The molecule has 0 saturated carbocycles. The maximum absolute atomic E-state index is 12.4. The van der Waals surface area contributed by atoms with Crippen LogP contribution >= 0.6 is 11.6 Å². The van der Waals surface area contributed by atoms with Crippen LogP contribution in [0.25, 0.3) is 22.6 Å². The van der Waals surface area contributed by atoms with Crippen molar-refractivity contribution in [2.24, 2.45) is 0 Å². The monoisotopic (exact) mass is 390 g/mol. The Kier molecular flexibility index (Phi) is 4.88. The molecule has 5 heteroatoms. The number of nitrogens with zero attached hydrogens (tertiary/aromatic N) is 1. The summed E-state index contributed by atoms with van der Waals surface area (Å²) in [5.74, 6) is 0.742. The van der Waals surface area contributed by atoms with Crippen molar-refractivity contribution in [2.75, 3.05) is 5.32 Å². The van der Waals surface area contributed by atoms with Crippen LogP contribution in [0.15, 0.2) is 71.1 Å². The smallest absolute Gasteiger partial charge is 0.257 e. The molecule has 0 unspecified atom stereocenters. The van der Waals surface area contributed by atoms with E-state index in [4.69, 9.17) is 16.0 Å². The number of carbonyl (C=O) groups is 1. The summed E-state index contributed by atoms with van der Waals surface area (Å²) in [7, 11) is 0. The van der Waals surface area contributed by atoms with Gasteiger partial charge in [-0.2, -0.15) is 0 Å². The first-order valence-corrected chi connectivity index (χ1v) is 9.46. The van der Waals surface area contributed by atoms with Gasteiger partial charge in [-0.3, -0.25) is 4.79 Å². The van der Waals surface area contributed by atoms with Gasteiger partial charge in [0.25, 0.3) is 5.91 Å². The minimum absolute atomic E-state index is 0.249. The van der Waals surface area contributed by atoms with E-state index < -0.39 is 0 Å². The third kappa shape index (κ3) is 3.64. The molecule has 4 rings (SSSR count). The largest absolute Gasteiger partial charge is 0.436 e. The molecule has 28 heavy (non-hydrogen) atoms. The first kappa shape index (κ1) is 18.3. The Hall–Kier alpha value is -3.11. The van der Waals surface area contributed by atoms with E-state index in [0.29, 0.717) is 28.1 Å². The summed E-state index contributed by atoms with van der Waals surface area (Å²) in [6, 6.07) is 20.4. The van der Waals surface area contributed by atoms with Crippen LogP contribution in [0, 0.1) is 0 Å². The van der Waals surface area contributed by atoms with Gasteiger partial charge in [0.15, 0.2) is 5.58 Å². The number of anilines is 1. The van der Waals surface area contributed by atoms with Crippen LogP contribution in [-0.2, 0) is 0 Å². The zero-order valence-electron chi connectivity index (χ0n) is 15.6. The van der Waals surface area contributed by atoms with Crippen LogP contribution in [0.2, 0.25) is 5.02 Å². The van der Waals surface area contributed by atoms with E-state index in [0.717, 1.165) is 16.7 Å². The van der Waals surface area contributed by atoms with Crippen LogP contribution < -0.4 is 5.32 Å². The van der Waals surface area contributed by atoms with E-state index in [1.54, 1.807) is 24.3 Å². The summed E-state index contributed by atoms with van der Waals surface area (Å²) >= 11 is 6.08. The second-order valence-corrected chi connectivity index (χ2v) is 7.32. The van der Waals surface area contributed by atoms with E-state index in [1.165, 1.54) is 5.56 Å². The van der Waals surface area contributed by atoms with Gasteiger partial charge in [-0.1, -0.05) is 43.6 Å². The Balaban J connectivity index is 1.55. The highest BCUT2D eigenvalue weighted by Crippen LogP contribution is 2.28. The molecule has 140 valence electrons. The standard InChI is InChI=1S/C23H19ClN2O2/c1-14(2)16-9-12-21-20(13-16)26-23(28-21)15-7-10-17(11-8-15)25-22(27)18-5-3-4-6-19(18)24/h3-14H,1-2H3,(H,25,27). The summed E-state index contributed by atoms with van der Waals surface area (Å²) in [6.07, 6.45) is 0. The van der Waals surface area contributed by atoms with Gasteiger partial charge >= 0.3 is 0 Å². The molecule has 0 radical (unpaired) electrons. The molecule has 1 N–H and O–H groups in total. The quantitative estimate of drug-likeness (QED) is 0.431. The van der Waals surface area contributed by atoms with Gasteiger partial charge in [0.05, 0.1) is 10.6 Å². The third-order valence-electron chi connectivity index (χ3n) is 4.59. The number of amides is 1. The van der Waals surface area contributed by atoms with Crippen molar-refractivity contribution >= 4 is 34.3 Å². The molecule has 0 saturated heterocycles. The minimum atomic E-state index is -0.249. The summed E-state index contributed by atoms with van der Waals surface area (Å²) in [5, 5.41) is 3.27. The van der Waals surface area contributed by atoms with E-state index in [2.05, 4.69) is 36.3 Å². The lowest BCUT2D eigenvalue weighted by Crippen LogP contribution is -2.12. The van der Waals surface area contributed by atoms with Gasteiger partial charge in [-0.15, -0.1) is 0 Å². The number of fused-ring (bicyclic) bond motifs is 1. The average Bonchev–Trinajstić information content (AvgIpc) is 3.12. The number of halogens is 1. The Morgan fingerprint density at radius 2 is 1.79 bits per heavy atom. The maximum atomic E-state index is 12.4. The molecular formula is C23H19ClN2O2. The zero-order valence-corrected chi connectivity index (χ0v) is 16.3. The highest BCUT2D eigenvalue weighted by Gasteiger charge is 2.12. The molecule has 1 heterocycles. The number of rotatable bonds is 4. The van der Waals surface area contributed by atoms with Crippen molar-refractivity contribution in [3.63, 3.8) is 0 Å². The number of carbonyl (C=O) groups excluding carboxylic acids is 1. The number of benzene rings is 3. The molecule has 0 aliphatic rings. The topological polar surface area (TPSA) is 55.1 Å². The number of oxazole rings is 1. The van der Waals surface area contributed by atoms with Gasteiger partial charge in [-0.05, 0) is 60.0 Å². The van der Waals surface area contributed by atoms with Crippen LogP contribution in [-0.4, -0.2) is 10.9 Å². The minimum Gasteiger partial charge on any atom is -0.436 e. The molecule has 0 bridgehead atoms. The number of hydrogen-bond donors (Lipinski definition) is 1. The van der Waals surface area contributed by atoms with Gasteiger partial charge in [0, 0.05) is 11.3 Å². The molecule has 1 aromatic heterocycles. The molecule has 0 fully saturated rings. The summed E-state index contributed by atoms with van der Waals surface area (Å²) in [4.78, 5) is 17.0. The Bertz CT molecular complexity index is 1150. The normalized spacial score (nSPS) is 11.1. The van der Waals surface area contributed by atoms with Crippen molar-refractivity contribution in [1.29, 1.82) is 0 Å². The van der Waals surface area contributed by atoms with Crippen molar-refractivity contribution < 1.29 is 9.21 Å². The highest BCUT2D eigenvalue weighted by atomic mass is 35.5. The Labute approximate surface area is 168 Å². The first-order chi connectivity index (χ1) is 13.5. The molecular weight excluding hydrogens is 372 g/mol. The van der Waals surface area contributed by atoms with E-state index >= 15 is 0 Å². The van der Waals surface area contributed by atoms with Crippen molar-refractivity contribution in [2.45, 2.75) is 19.8 Å². The molecule has 0 atom stereocenters. The van der Waals surface area contributed by atoms with Gasteiger partial charge in [-0.25, -0.2) is 4.98 Å². The lowest BCUT2D eigenvalue weighted by molar-refractivity contribution is 0.102. The Morgan fingerprint density at radius 1 is 1.04 bits per heavy atom. The summed E-state index contributed by atoms with van der Waals surface area (Å²) in [5.41, 5.74) is 4.79.